The molecule has 0 aliphatic carbocycles. The van der Waals surface area contributed by atoms with Gasteiger partial charge in [0.2, 0.25) is 16.0 Å². The van der Waals surface area contributed by atoms with Gasteiger partial charge in [-0.05, 0) is 26.0 Å². The molecule has 0 aliphatic rings. The Bertz CT molecular complexity index is 1480. The summed E-state index contributed by atoms with van der Waals surface area (Å²) in [6, 6.07) is 3.51. The van der Waals surface area contributed by atoms with Gasteiger partial charge in [-0.2, -0.15) is 10.1 Å². The summed E-state index contributed by atoms with van der Waals surface area (Å²) in [5.74, 6) is 0.796. The fourth-order valence-electron chi connectivity index (χ4n) is 3.36. The predicted octanol–water partition coefficient (Wildman–Crippen LogP) is 3.47. The second-order valence-electron chi connectivity index (χ2n) is 7.55. The van der Waals surface area contributed by atoms with E-state index < -0.39 is 10.0 Å². The SMILES string of the molecule is C=Cc1cnc(Nc2cn(CC)nc2C)nc1Nc1ccc2nccnc2c1N(C)S(C)(=O)=O. The molecule has 0 saturated heterocycles. The second-order valence-corrected chi connectivity index (χ2v) is 9.57. The zero-order valence-electron chi connectivity index (χ0n) is 19.3. The van der Waals surface area contributed by atoms with Gasteiger partial charge in [0.25, 0.3) is 0 Å². The average Bonchev–Trinajstić information content (AvgIpc) is 3.17. The smallest absolute Gasteiger partial charge is 0.232 e. The minimum Gasteiger partial charge on any atom is -0.338 e. The van der Waals surface area contributed by atoms with Crippen molar-refractivity contribution in [2.75, 3.05) is 28.2 Å². The lowest BCUT2D eigenvalue weighted by atomic mass is 10.2. The summed E-state index contributed by atoms with van der Waals surface area (Å²) in [5.41, 5.74) is 4.10. The number of rotatable bonds is 8. The highest BCUT2D eigenvalue weighted by Crippen LogP contribution is 2.35. The van der Waals surface area contributed by atoms with Crippen molar-refractivity contribution in [3.05, 3.63) is 54.8 Å². The predicted molar refractivity (Wildman–Crippen MR) is 134 cm³/mol. The number of sulfonamides is 1. The van der Waals surface area contributed by atoms with Gasteiger partial charge in [0, 0.05) is 43.9 Å². The summed E-state index contributed by atoms with van der Waals surface area (Å²) in [6.07, 6.45) is 9.34. The first-order chi connectivity index (χ1) is 16.2. The third kappa shape index (κ3) is 4.53. The first kappa shape index (κ1) is 23.1. The highest BCUT2D eigenvalue weighted by atomic mass is 32.2. The highest BCUT2D eigenvalue weighted by molar-refractivity contribution is 7.92. The largest absolute Gasteiger partial charge is 0.338 e. The summed E-state index contributed by atoms with van der Waals surface area (Å²) in [4.78, 5) is 17.6. The van der Waals surface area contributed by atoms with Gasteiger partial charge in [0.15, 0.2) is 0 Å². The number of fused-ring (bicyclic) bond motifs is 1. The first-order valence-corrected chi connectivity index (χ1v) is 12.3. The van der Waals surface area contributed by atoms with Crippen LogP contribution in [-0.4, -0.2) is 51.4 Å². The van der Waals surface area contributed by atoms with Gasteiger partial charge in [0.05, 0.1) is 28.8 Å². The van der Waals surface area contributed by atoms with Crippen LogP contribution >= 0.6 is 0 Å². The molecule has 2 N–H and O–H groups in total. The molecule has 1 aromatic carbocycles. The van der Waals surface area contributed by atoms with Crippen LogP contribution in [0.1, 0.15) is 18.2 Å². The summed E-state index contributed by atoms with van der Waals surface area (Å²) in [7, 11) is -2.11. The molecule has 176 valence electrons. The van der Waals surface area contributed by atoms with E-state index in [-0.39, 0.29) is 0 Å². The molecule has 0 saturated carbocycles. The van der Waals surface area contributed by atoms with Gasteiger partial charge in [0.1, 0.15) is 17.0 Å². The summed E-state index contributed by atoms with van der Waals surface area (Å²) >= 11 is 0. The Hall–Kier alpha value is -4.06. The molecule has 0 atom stereocenters. The van der Waals surface area contributed by atoms with Crippen molar-refractivity contribution in [1.29, 1.82) is 0 Å². The van der Waals surface area contributed by atoms with Gasteiger partial charge in [-0.3, -0.25) is 19.0 Å². The molecule has 0 unspecified atom stereocenters. The van der Waals surface area contributed by atoms with Gasteiger partial charge < -0.3 is 10.6 Å². The number of benzene rings is 1. The molecule has 4 rings (SSSR count). The van der Waals surface area contributed by atoms with Crippen LogP contribution in [0.3, 0.4) is 0 Å². The van der Waals surface area contributed by atoms with E-state index in [9.17, 15) is 8.42 Å². The van der Waals surface area contributed by atoms with Crippen molar-refractivity contribution in [3.8, 4) is 0 Å². The van der Waals surface area contributed by atoms with E-state index in [0.29, 0.717) is 39.7 Å². The monoisotopic (exact) mass is 479 g/mol. The minimum absolute atomic E-state index is 0.352. The zero-order valence-corrected chi connectivity index (χ0v) is 20.1. The topological polar surface area (TPSA) is 131 Å². The standard InChI is InChI=1S/C22H25N9O2S/c1-6-15-12-25-22(27-18-13-31(7-2)29-14(18)3)28-21(15)26-17-9-8-16-19(24-11-10-23-16)20(17)30(4)34(5,32)33/h6,8-13H,1,7H2,2-5H3,(H2,25,26,27,28). The normalized spacial score (nSPS) is 11.4. The molecule has 0 bridgehead atoms. The Morgan fingerprint density at radius 1 is 1.15 bits per heavy atom. The molecule has 12 heteroatoms. The molecule has 0 spiro atoms. The number of nitrogens with zero attached hydrogens (tertiary/aromatic N) is 7. The molecule has 0 aliphatic heterocycles. The zero-order chi connectivity index (χ0) is 24.5. The lowest BCUT2D eigenvalue weighted by molar-refractivity contribution is 0.600. The molecular weight excluding hydrogens is 454 g/mol. The highest BCUT2D eigenvalue weighted by Gasteiger charge is 2.21. The van der Waals surface area contributed by atoms with E-state index in [1.54, 1.807) is 30.6 Å². The van der Waals surface area contributed by atoms with Crippen LogP contribution in [0.2, 0.25) is 0 Å². The van der Waals surface area contributed by atoms with Crippen molar-refractivity contribution in [2.45, 2.75) is 20.4 Å². The van der Waals surface area contributed by atoms with Gasteiger partial charge in [-0.15, -0.1) is 0 Å². The Balaban J connectivity index is 1.79. The van der Waals surface area contributed by atoms with Gasteiger partial charge in [-0.1, -0.05) is 12.7 Å². The van der Waals surface area contributed by atoms with Crippen molar-refractivity contribution in [2.24, 2.45) is 0 Å². The Morgan fingerprint density at radius 2 is 1.91 bits per heavy atom. The van der Waals surface area contributed by atoms with Crippen LogP contribution in [0.25, 0.3) is 17.1 Å². The third-order valence-electron chi connectivity index (χ3n) is 5.23. The van der Waals surface area contributed by atoms with E-state index in [0.717, 1.165) is 24.2 Å². The summed E-state index contributed by atoms with van der Waals surface area (Å²) in [5, 5.41) is 10.8. The van der Waals surface area contributed by atoms with Crippen LogP contribution in [0.4, 0.5) is 28.8 Å². The molecule has 0 radical (unpaired) electrons. The molecular formula is C22H25N9O2S. The Morgan fingerprint density at radius 3 is 2.59 bits per heavy atom. The van der Waals surface area contributed by atoms with E-state index >= 15 is 0 Å². The maximum absolute atomic E-state index is 12.4. The number of hydrogen-bond donors (Lipinski definition) is 2. The van der Waals surface area contributed by atoms with Crippen LogP contribution < -0.4 is 14.9 Å². The lowest BCUT2D eigenvalue weighted by Crippen LogP contribution is -2.26. The van der Waals surface area contributed by atoms with Gasteiger partial charge in [-0.25, -0.2) is 13.4 Å². The van der Waals surface area contributed by atoms with Crippen molar-refractivity contribution in [1.82, 2.24) is 29.7 Å². The third-order valence-corrected chi connectivity index (χ3v) is 6.41. The Labute approximate surface area is 197 Å². The maximum Gasteiger partial charge on any atom is 0.232 e. The van der Waals surface area contributed by atoms with Crippen molar-refractivity contribution >= 4 is 56.0 Å². The maximum atomic E-state index is 12.4. The van der Waals surface area contributed by atoms with E-state index in [1.807, 2.05) is 24.7 Å². The molecule has 3 aromatic heterocycles. The van der Waals surface area contributed by atoms with Crippen LogP contribution in [0.15, 0.2) is 43.5 Å². The molecule has 34 heavy (non-hydrogen) atoms. The van der Waals surface area contributed by atoms with Gasteiger partial charge >= 0.3 is 0 Å². The number of anilines is 5. The van der Waals surface area contributed by atoms with Crippen LogP contribution in [0, 0.1) is 6.92 Å². The van der Waals surface area contributed by atoms with E-state index in [2.05, 4.69) is 42.2 Å². The molecule has 4 aromatic rings. The van der Waals surface area contributed by atoms with Crippen LogP contribution in [0.5, 0.6) is 0 Å². The number of aryl methyl sites for hydroxylation is 2. The number of nitrogens with one attached hydrogen (secondary N) is 2. The van der Waals surface area contributed by atoms with E-state index in [1.165, 1.54) is 17.5 Å². The van der Waals surface area contributed by atoms with E-state index in [4.69, 9.17) is 0 Å². The number of hydrogen-bond acceptors (Lipinski definition) is 9. The fourth-order valence-corrected chi connectivity index (χ4v) is 3.88. The first-order valence-electron chi connectivity index (χ1n) is 10.5. The second kappa shape index (κ2) is 9.06. The number of aromatic nitrogens is 6. The molecule has 3 heterocycles. The molecule has 0 amide bonds. The summed E-state index contributed by atoms with van der Waals surface area (Å²) in [6.45, 7) is 8.49. The fraction of sp³-hybridized carbons (Fsp3) is 0.227. The van der Waals surface area contributed by atoms with Crippen LogP contribution in [-0.2, 0) is 16.6 Å². The van der Waals surface area contributed by atoms with Crippen molar-refractivity contribution < 1.29 is 8.42 Å². The Kier molecular flexibility index (Phi) is 6.16. The minimum atomic E-state index is -3.58. The van der Waals surface area contributed by atoms with Crippen molar-refractivity contribution in [3.63, 3.8) is 0 Å². The summed E-state index contributed by atoms with van der Waals surface area (Å²) < 4.78 is 27.8. The lowest BCUT2D eigenvalue weighted by Gasteiger charge is -2.22. The molecule has 11 nitrogen and oxygen atoms in total. The quantitative estimate of drug-likeness (QED) is 0.390. The average molecular weight is 480 g/mol. The molecule has 0 fully saturated rings.